The van der Waals surface area contributed by atoms with E-state index in [2.05, 4.69) is 15.6 Å². The number of benzene rings is 2. The van der Waals surface area contributed by atoms with Gasteiger partial charge >= 0.3 is 0 Å². The van der Waals surface area contributed by atoms with Crippen LogP contribution in [0.3, 0.4) is 0 Å². The molecule has 1 aromatic heterocycles. The van der Waals surface area contributed by atoms with Crippen LogP contribution in [0.25, 0.3) is 10.9 Å². The van der Waals surface area contributed by atoms with Gasteiger partial charge in [0.15, 0.2) is 0 Å². The molecule has 0 aliphatic heterocycles. The summed E-state index contributed by atoms with van der Waals surface area (Å²) in [4.78, 5) is 28.0. The second-order valence-corrected chi connectivity index (χ2v) is 7.06. The van der Waals surface area contributed by atoms with Crippen molar-refractivity contribution in [2.24, 2.45) is 0 Å². The van der Waals surface area contributed by atoms with Gasteiger partial charge in [0.2, 0.25) is 11.8 Å². The number of H-pyrrole nitrogens is 1. The third-order valence-electron chi connectivity index (χ3n) is 5.04. The molecule has 2 unspecified atom stereocenters. The molecule has 0 fully saturated rings. The van der Waals surface area contributed by atoms with Gasteiger partial charge < -0.3 is 20.4 Å². The predicted molar refractivity (Wildman–Crippen MR) is 114 cm³/mol. The number of methoxy groups -OCH3 is 1. The average Bonchev–Trinajstić information content (AvgIpc) is 3.14. The maximum absolute atomic E-state index is 13.0. The summed E-state index contributed by atoms with van der Waals surface area (Å²) in [5.74, 6) is 0.334. The first-order valence-electron chi connectivity index (χ1n) is 9.78. The van der Waals surface area contributed by atoms with Gasteiger partial charge in [-0.1, -0.05) is 37.3 Å². The minimum absolute atomic E-state index is 0.146. The molecule has 3 N–H and O–H groups in total. The number of aromatic nitrogens is 1. The molecule has 2 aromatic carbocycles. The third-order valence-corrected chi connectivity index (χ3v) is 5.04. The Morgan fingerprint density at radius 3 is 2.45 bits per heavy atom. The number of carbonyl (C=O) groups is 2. The molecule has 0 aliphatic carbocycles. The maximum Gasteiger partial charge on any atom is 0.243 e. The van der Waals surface area contributed by atoms with Crippen LogP contribution >= 0.6 is 0 Å². The number of rotatable bonds is 8. The molecule has 0 aliphatic rings. The van der Waals surface area contributed by atoms with Crippen LogP contribution in [0.5, 0.6) is 5.75 Å². The van der Waals surface area contributed by atoms with E-state index in [0.717, 1.165) is 34.2 Å². The molecule has 2 amide bonds. The van der Waals surface area contributed by atoms with Gasteiger partial charge in [-0.25, -0.2) is 0 Å². The lowest BCUT2D eigenvalue weighted by Gasteiger charge is -2.23. The van der Waals surface area contributed by atoms with E-state index in [9.17, 15) is 9.59 Å². The van der Waals surface area contributed by atoms with E-state index in [1.807, 2.05) is 61.7 Å². The number of ether oxygens (including phenoxy) is 1. The fourth-order valence-electron chi connectivity index (χ4n) is 3.50. The number of hydrogen-bond acceptors (Lipinski definition) is 3. The van der Waals surface area contributed by atoms with Crippen molar-refractivity contribution in [3.8, 4) is 5.75 Å². The highest BCUT2D eigenvalue weighted by Gasteiger charge is 2.24. The molecule has 0 spiro atoms. The number of fused-ring (bicyclic) bond motifs is 1. The maximum atomic E-state index is 13.0. The van der Waals surface area contributed by atoms with E-state index in [1.165, 1.54) is 6.92 Å². The Morgan fingerprint density at radius 1 is 1.07 bits per heavy atom. The summed E-state index contributed by atoms with van der Waals surface area (Å²) < 4.78 is 5.20. The quantitative estimate of drug-likeness (QED) is 0.548. The summed E-state index contributed by atoms with van der Waals surface area (Å²) >= 11 is 0. The van der Waals surface area contributed by atoms with Crippen molar-refractivity contribution >= 4 is 22.7 Å². The molecule has 29 heavy (non-hydrogen) atoms. The summed E-state index contributed by atoms with van der Waals surface area (Å²) in [5.41, 5.74) is 3.00. The molecule has 0 bridgehead atoms. The van der Waals surface area contributed by atoms with Crippen molar-refractivity contribution in [3.05, 3.63) is 65.9 Å². The zero-order chi connectivity index (χ0) is 20.8. The van der Waals surface area contributed by atoms with E-state index in [1.54, 1.807) is 7.11 Å². The molecule has 6 nitrogen and oxygen atoms in total. The number of carbonyl (C=O) groups excluding carboxylic acids is 2. The van der Waals surface area contributed by atoms with Gasteiger partial charge in [0.25, 0.3) is 0 Å². The van der Waals surface area contributed by atoms with Crippen LogP contribution in [-0.2, 0) is 16.0 Å². The SMILES string of the molecule is CCC(NC(=O)C(Cc1c[nH]c2ccccc12)NC(C)=O)c1ccc(OC)cc1. The highest BCUT2D eigenvalue weighted by atomic mass is 16.5. The van der Waals surface area contributed by atoms with Crippen molar-refractivity contribution in [2.75, 3.05) is 7.11 Å². The fraction of sp³-hybridized carbons (Fsp3) is 0.304. The Hall–Kier alpha value is -3.28. The van der Waals surface area contributed by atoms with Crippen LogP contribution in [0.15, 0.2) is 54.7 Å². The smallest absolute Gasteiger partial charge is 0.243 e. The molecule has 3 aromatic rings. The predicted octanol–water partition coefficient (Wildman–Crippen LogP) is 3.49. The van der Waals surface area contributed by atoms with Gasteiger partial charge in [-0.3, -0.25) is 9.59 Å². The van der Waals surface area contributed by atoms with E-state index >= 15 is 0 Å². The second kappa shape index (κ2) is 9.28. The average molecular weight is 393 g/mol. The van der Waals surface area contributed by atoms with E-state index in [0.29, 0.717) is 6.42 Å². The number of para-hydroxylation sites is 1. The second-order valence-electron chi connectivity index (χ2n) is 7.06. The topological polar surface area (TPSA) is 83.2 Å². The third kappa shape index (κ3) is 4.96. The van der Waals surface area contributed by atoms with Gasteiger partial charge in [0.05, 0.1) is 13.2 Å². The lowest BCUT2D eigenvalue weighted by Crippen LogP contribution is -2.48. The Kier molecular flexibility index (Phi) is 6.54. The van der Waals surface area contributed by atoms with Gasteiger partial charge in [-0.15, -0.1) is 0 Å². The summed E-state index contributed by atoms with van der Waals surface area (Å²) in [6.45, 7) is 3.44. The summed E-state index contributed by atoms with van der Waals surface area (Å²) in [5, 5.41) is 6.93. The van der Waals surface area contributed by atoms with Crippen LogP contribution in [0.2, 0.25) is 0 Å². The van der Waals surface area contributed by atoms with E-state index in [-0.39, 0.29) is 17.9 Å². The molecule has 6 heteroatoms. The fourth-order valence-corrected chi connectivity index (χ4v) is 3.50. The van der Waals surface area contributed by atoms with Crippen LogP contribution in [-0.4, -0.2) is 29.9 Å². The first-order valence-corrected chi connectivity index (χ1v) is 9.78. The lowest BCUT2D eigenvalue weighted by molar-refractivity contribution is -0.128. The monoisotopic (exact) mass is 393 g/mol. The molecule has 152 valence electrons. The number of hydrogen-bond donors (Lipinski definition) is 3. The van der Waals surface area contributed by atoms with Crippen molar-refractivity contribution in [1.82, 2.24) is 15.6 Å². The molecular weight excluding hydrogens is 366 g/mol. The minimum atomic E-state index is -0.654. The van der Waals surface area contributed by atoms with E-state index < -0.39 is 6.04 Å². The highest BCUT2D eigenvalue weighted by molar-refractivity contribution is 5.89. The number of nitrogens with one attached hydrogen (secondary N) is 3. The summed E-state index contributed by atoms with van der Waals surface area (Å²) in [7, 11) is 1.62. The van der Waals surface area contributed by atoms with Gasteiger partial charge in [0.1, 0.15) is 11.8 Å². The Labute approximate surface area is 170 Å². The van der Waals surface area contributed by atoms with Gasteiger partial charge in [0, 0.05) is 30.4 Å². The minimum Gasteiger partial charge on any atom is -0.497 e. The molecule has 3 rings (SSSR count). The molecule has 0 saturated heterocycles. The number of aromatic amines is 1. The van der Waals surface area contributed by atoms with Crippen molar-refractivity contribution < 1.29 is 14.3 Å². The van der Waals surface area contributed by atoms with Crippen LogP contribution in [0.4, 0.5) is 0 Å². The molecule has 2 atom stereocenters. The highest BCUT2D eigenvalue weighted by Crippen LogP contribution is 2.22. The lowest BCUT2D eigenvalue weighted by atomic mass is 10.0. The van der Waals surface area contributed by atoms with Crippen molar-refractivity contribution in [1.29, 1.82) is 0 Å². The standard InChI is InChI=1S/C23H27N3O3/c1-4-20(16-9-11-18(29-3)12-10-16)26-23(28)22(25-15(2)27)13-17-14-24-21-8-6-5-7-19(17)21/h5-12,14,20,22,24H,4,13H2,1-3H3,(H,25,27)(H,26,28). The summed E-state index contributed by atoms with van der Waals surface area (Å²) in [6, 6.07) is 14.8. The Balaban J connectivity index is 1.77. The number of amides is 2. The largest absolute Gasteiger partial charge is 0.497 e. The van der Waals surface area contributed by atoms with Crippen LogP contribution < -0.4 is 15.4 Å². The normalized spacial score (nSPS) is 12.9. The zero-order valence-corrected chi connectivity index (χ0v) is 17.0. The van der Waals surface area contributed by atoms with Crippen LogP contribution in [0, 0.1) is 0 Å². The zero-order valence-electron chi connectivity index (χ0n) is 17.0. The molecule has 0 saturated carbocycles. The first kappa shape index (κ1) is 20.5. The molecular formula is C23H27N3O3. The van der Waals surface area contributed by atoms with Crippen molar-refractivity contribution in [2.45, 2.75) is 38.8 Å². The molecule has 1 heterocycles. The van der Waals surface area contributed by atoms with Crippen LogP contribution in [0.1, 0.15) is 37.4 Å². The van der Waals surface area contributed by atoms with E-state index in [4.69, 9.17) is 4.74 Å². The Bertz CT molecular complexity index is 978. The molecule has 0 radical (unpaired) electrons. The first-order chi connectivity index (χ1) is 14.0. The summed E-state index contributed by atoms with van der Waals surface area (Å²) in [6.07, 6.45) is 3.04. The van der Waals surface area contributed by atoms with Gasteiger partial charge in [-0.05, 0) is 35.7 Å². The van der Waals surface area contributed by atoms with Crippen molar-refractivity contribution in [3.63, 3.8) is 0 Å². The Morgan fingerprint density at radius 2 is 1.79 bits per heavy atom. The van der Waals surface area contributed by atoms with Gasteiger partial charge in [-0.2, -0.15) is 0 Å².